The molecule has 3 N–H and O–H groups in total. The quantitative estimate of drug-likeness (QED) is 0.313. The van der Waals surface area contributed by atoms with Crippen LogP contribution in [-0.4, -0.2) is 56.3 Å². The number of amides is 2. The van der Waals surface area contributed by atoms with Crippen LogP contribution in [0.4, 0.5) is 10.5 Å². The molecule has 1 heterocycles. The number of guanidine groups is 1. The number of methoxy groups -OCH3 is 1. The van der Waals surface area contributed by atoms with Crippen LogP contribution in [0.2, 0.25) is 0 Å². The molecule has 1 unspecified atom stereocenters. The van der Waals surface area contributed by atoms with E-state index in [2.05, 4.69) is 20.9 Å². The van der Waals surface area contributed by atoms with Gasteiger partial charge in [-0.05, 0) is 44.4 Å². The van der Waals surface area contributed by atoms with Gasteiger partial charge in [-0.1, -0.05) is 12.1 Å². The lowest BCUT2D eigenvalue weighted by molar-refractivity contribution is 0.179. The molecule has 1 saturated heterocycles. The summed E-state index contributed by atoms with van der Waals surface area (Å²) in [7, 11) is 1.68. The number of hydrogen-bond donors (Lipinski definition) is 3. The summed E-state index contributed by atoms with van der Waals surface area (Å²) in [5, 5.41) is 9.52. The lowest BCUT2D eigenvalue weighted by Gasteiger charge is -2.17. The highest BCUT2D eigenvalue weighted by atomic mass is 127. The van der Waals surface area contributed by atoms with E-state index in [0.29, 0.717) is 13.2 Å². The number of anilines is 1. The molecule has 1 fully saturated rings. The Bertz CT molecular complexity index is 606. The van der Waals surface area contributed by atoms with Crippen molar-refractivity contribution in [2.45, 2.75) is 39.3 Å². The average molecular weight is 489 g/mol. The number of urea groups is 1. The minimum Gasteiger partial charge on any atom is -0.383 e. The summed E-state index contributed by atoms with van der Waals surface area (Å²) in [5.74, 6) is 0.753. The molecule has 0 spiro atoms. The third-order valence-corrected chi connectivity index (χ3v) is 4.14. The summed E-state index contributed by atoms with van der Waals surface area (Å²) in [6.45, 7) is 7.69. The fourth-order valence-corrected chi connectivity index (χ4v) is 2.89. The zero-order valence-corrected chi connectivity index (χ0v) is 18.8. The largest absolute Gasteiger partial charge is 0.383 e. The molecule has 1 aromatic carbocycles. The van der Waals surface area contributed by atoms with Crippen LogP contribution < -0.4 is 16.0 Å². The summed E-state index contributed by atoms with van der Waals surface area (Å²) in [6.07, 6.45) is 2.17. The Morgan fingerprint density at radius 3 is 2.74 bits per heavy atom. The first kappa shape index (κ1) is 23.5. The average Bonchev–Trinajstić information content (AvgIpc) is 3.15. The Balaban J connectivity index is 0.00000364. The molecule has 0 radical (unpaired) electrons. The molecule has 7 nitrogen and oxygen atoms in total. The van der Waals surface area contributed by atoms with Gasteiger partial charge < -0.3 is 25.6 Å². The highest BCUT2D eigenvalue weighted by molar-refractivity contribution is 14.0. The van der Waals surface area contributed by atoms with Crippen molar-refractivity contribution in [1.29, 1.82) is 0 Å². The number of nitrogens with one attached hydrogen (secondary N) is 3. The first-order valence-electron chi connectivity index (χ1n) is 9.31. The molecule has 0 aromatic heterocycles. The maximum absolute atomic E-state index is 12.2. The number of likely N-dealkylation sites (tertiary alicyclic amines) is 1. The second kappa shape index (κ2) is 12.8. The van der Waals surface area contributed by atoms with Gasteiger partial charge in [-0.25, -0.2) is 9.79 Å². The summed E-state index contributed by atoms with van der Waals surface area (Å²) >= 11 is 0. The van der Waals surface area contributed by atoms with Crippen LogP contribution in [0.15, 0.2) is 29.3 Å². The normalized spacial score (nSPS) is 15.1. The Morgan fingerprint density at radius 2 is 2.07 bits per heavy atom. The van der Waals surface area contributed by atoms with Crippen LogP contribution in [0.1, 0.15) is 32.3 Å². The lowest BCUT2D eigenvalue weighted by Crippen LogP contribution is -2.43. The van der Waals surface area contributed by atoms with Crippen molar-refractivity contribution < 1.29 is 9.53 Å². The molecule has 8 heteroatoms. The molecule has 1 aliphatic heterocycles. The van der Waals surface area contributed by atoms with E-state index in [1.807, 2.05) is 43.0 Å². The monoisotopic (exact) mass is 489 g/mol. The van der Waals surface area contributed by atoms with Crippen LogP contribution in [0, 0.1) is 0 Å². The molecule has 152 valence electrons. The van der Waals surface area contributed by atoms with Crippen molar-refractivity contribution in [3.05, 3.63) is 29.8 Å². The predicted octanol–water partition coefficient (Wildman–Crippen LogP) is 3.02. The van der Waals surface area contributed by atoms with Crippen molar-refractivity contribution >= 4 is 41.7 Å². The number of carbonyl (C=O) groups excluding carboxylic acids is 1. The maximum Gasteiger partial charge on any atom is 0.321 e. The van der Waals surface area contributed by atoms with E-state index in [4.69, 9.17) is 4.74 Å². The molecular weight excluding hydrogens is 457 g/mol. The molecule has 2 rings (SSSR count). The number of ether oxygens (including phenoxy) is 1. The van der Waals surface area contributed by atoms with E-state index in [9.17, 15) is 4.79 Å². The van der Waals surface area contributed by atoms with E-state index >= 15 is 0 Å². The van der Waals surface area contributed by atoms with Gasteiger partial charge in [-0.15, -0.1) is 24.0 Å². The molecule has 1 aromatic rings. The van der Waals surface area contributed by atoms with Gasteiger partial charge in [0.15, 0.2) is 5.96 Å². The molecule has 27 heavy (non-hydrogen) atoms. The fraction of sp³-hybridized carbons (Fsp3) is 0.579. The Hall–Kier alpha value is -1.55. The number of nitrogens with zero attached hydrogens (tertiary/aromatic N) is 2. The minimum atomic E-state index is -0.0217. The summed E-state index contributed by atoms with van der Waals surface area (Å²) in [5.41, 5.74) is 1.85. The molecule has 0 aliphatic carbocycles. The number of rotatable bonds is 7. The maximum atomic E-state index is 12.2. The molecular formula is C19H32IN5O2. The van der Waals surface area contributed by atoms with Crippen molar-refractivity contribution in [3.63, 3.8) is 0 Å². The topological polar surface area (TPSA) is 78.0 Å². The Morgan fingerprint density at radius 1 is 1.33 bits per heavy atom. The highest BCUT2D eigenvalue weighted by Gasteiger charge is 2.17. The van der Waals surface area contributed by atoms with Gasteiger partial charge in [-0.3, -0.25) is 0 Å². The van der Waals surface area contributed by atoms with Gasteiger partial charge in [0.1, 0.15) is 0 Å². The molecule has 2 amide bonds. The van der Waals surface area contributed by atoms with Crippen molar-refractivity contribution in [3.8, 4) is 0 Å². The van der Waals surface area contributed by atoms with Crippen LogP contribution >= 0.6 is 24.0 Å². The van der Waals surface area contributed by atoms with Gasteiger partial charge in [0.05, 0.1) is 13.2 Å². The SMILES string of the molecule is CCNC(=NCc1cccc(NC(=O)N2CCCC2)c1)NC(C)COC.I. The van der Waals surface area contributed by atoms with E-state index in [-0.39, 0.29) is 36.0 Å². The third kappa shape index (κ3) is 8.34. The van der Waals surface area contributed by atoms with E-state index in [0.717, 1.165) is 49.7 Å². The lowest BCUT2D eigenvalue weighted by atomic mass is 10.2. The second-order valence-corrected chi connectivity index (χ2v) is 6.52. The highest BCUT2D eigenvalue weighted by Crippen LogP contribution is 2.14. The second-order valence-electron chi connectivity index (χ2n) is 6.52. The standard InChI is InChI=1S/C19H31N5O2.HI/c1-4-20-18(22-15(2)14-26-3)21-13-16-8-7-9-17(12-16)23-19(25)24-10-5-6-11-24;/h7-9,12,15H,4-6,10-11,13-14H2,1-3H3,(H,23,25)(H2,20,21,22);1H. The molecule has 0 saturated carbocycles. The van der Waals surface area contributed by atoms with Crippen molar-refractivity contribution in [1.82, 2.24) is 15.5 Å². The van der Waals surface area contributed by atoms with E-state index in [1.54, 1.807) is 7.11 Å². The molecule has 1 atom stereocenters. The Labute approximate surface area is 179 Å². The minimum absolute atomic E-state index is 0. The van der Waals surface area contributed by atoms with E-state index in [1.165, 1.54) is 0 Å². The zero-order chi connectivity index (χ0) is 18.8. The van der Waals surface area contributed by atoms with E-state index < -0.39 is 0 Å². The summed E-state index contributed by atoms with van der Waals surface area (Å²) in [6, 6.07) is 7.98. The van der Waals surface area contributed by atoms with Crippen LogP contribution in [0.5, 0.6) is 0 Å². The van der Waals surface area contributed by atoms with Crippen molar-refractivity contribution in [2.24, 2.45) is 4.99 Å². The van der Waals surface area contributed by atoms with Gasteiger partial charge in [-0.2, -0.15) is 0 Å². The first-order valence-corrected chi connectivity index (χ1v) is 9.31. The first-order chi connectivity index (χ1) is 12.6. The zero-order valence-electron chi connectivity index (χ0n) is 16.5. The number of carbonyl (C=O) groups is 1. The predicted molar refractivity (Wildman–Crippen MR) is 121 cm³/mol. The van der Waals surface area contributed by atoms with Gasteiger partial charge in [0, 0.05) is 38.5 Å². The van der Waals surface area contributed by atoms with Crippen molar-refractivity contribution in [2.75, 3.05) is 38.7 Å². The smallest absolute Gasteiger partial charge is 0.321 e. The summed E-state index contributed by atoms with van der Waals surface area (Å²) < 4.78 is 5.15. The molecule has 0 bridgehead atoms. The number of halogens is 1. The van der Waals surface area contributed by atoms with Crippen LogP contribution in [0.3, 0.4) is 0 Å². The summed E-state index contributed by atoms with van der Waals surface area (Å²) in [4.78, 5) is 18.7. The third-order valence-electron chi connectivity index (χ3n) is 4.14. The van der Waals surface area contributed by atoms with Crippen LogP contribution in [-0.2, 0) is 11.3 Å². The van der Waals surface area contributed by atoms with Crippen LogP contribution in [0.25, 0.3) is 0 Å². The number of aliphatic imine (C=N–C) groups is 1. The number of benzene rings is 1. The number of hydrogen-bond acceptors (Lipinski definition) is 3. The van der Waals surface area contributed by atoms with Gasteiger partial charge in [0.2, 0.25) is 0 Å². The van der Waals surface area contributed by atoms with Gasteiger partial charge >= 0.3 is 6.03 Å². The fourth-order valence-electron chi connectivity index (χ4n) is 2.89. The molecule has 1 aliphatic rings. The Kier molecular flexibility index (Phi) is 11.1. The van der Waals surface area contributed by atoms with Gasteiger partial charge in [0.25, 0.3) is 0 Å².